The molecule has 0 saturated heterocycles. The topological polar surface area (TPSA) is 76.8 Å². The van der Waals surface area contributed by atoms with Gasteiger partial charge in [-0.2, -0.15) is 5.10 Å². The number of carboxylic acid groups (broad SMARTS) is 1. The highest BCUT2D eigenvalue weighted by atomic mass is 16.5. The van der Waals surface area contributed by atoms with E-state index in [4.69, 9.17) is 14.6 Å². The highest BCUT2D eigenvalue weighted by Gasteiger charge is 2.10. The highest BCUT2D eigenvalue weighted by molar-refractivity contribution is 5.88. The molecule has 0 aliphatic heterocycles. The number of anilines is 1. The first-order chi connectivity index (χ1) is 16.5. The standard InChI is InChI=1S/C27H33N3O4/c1-4-5-14-33-15-16-34-25-10-6-22(7-11-25)23-8-12-26(24(17-23)9-13-27(31)32)29(2)19-21-18-28-30(3)20-21/h6-13,17-18,20H,4-5,14-16,19H2,1-3H3,(H,31,32)/b13-9+. The Kier molecular flexibility index (Phi) is 9.29. The van der Waals surface area contributed by atoms with E-state index in [2.05, 4.69) is 16.9 Å². The zero-order valence-corrected chi connectivity index (χ0v) is 20.1. The molecule has 0 saturated carbocycles. The maximum Gasteiger partial charge on any atom is 0.328 e. The second-order valence-electron chi connectivity index (χ2n) is 8.16. The van der Waals surface area contributed by atoms with Crippen LogP contribution in [0.4, 0.5) is 5.69 Å². The van der Waals surface area contributed by atoms with Gasteiger partial charge in [-0.15, -0.1) is 0 Å². The fraction of sp³-hybridized carbons (Fsp3) is 0.333. The van der Waals surface area contributed by atoms with Crippen molar-refractivity contribution in [1.29, 1.82) is 0 Å². The van der Waals surface area contributed by atoms with Gasteiger partial charge in [0.25, 0.3) is 0 Å². The maximum atomic E-state index is 11.2. The normalized spacial score (nSPS) is 11.1. The molecule has 0 atom stereocenters. The Morgan fingerprint density at radius 2 is 1.88 bits per heavy atom. The molecule has 2 aromatic carbocycles. The Morgan fingerprint density at radius 1 is 1.12 bits per heavy atom. The summed E-state index contributed by atoms with van der Waals surface area (Å²) in [6.45, 7) is 4.67. The van der Waals surface area contributed by atoms with Crippen LogP contribution in [0.1, 0.15) is 30.9 Å². The molecule has 3 rings (SSSR count). The number of unbranched alkanes of at least 4 members (excludes halogenated alkanes) is 1. The summed E-state index contributed by atoms with van der Waals surface area (Å²) in [5, 5.41) is 13.4. The molecule has 0 aliphatic rings. The highest BCUT2D eigenvalue weighted by Crippen LogP contribution is 2.30. The SMILES string of the molecule is CCCCOCCOc1ccc(-c2ccc(N(C)Cc3cnn(C)c3)c(/C=C/C(=O)O)c2)cc1. The van der Waals surface area contributed by atoms with Gasteiger partial charge in [0.2, 0.25) is 0 Å². The van der Waals surface area contributed by atoms with Crippen molar-refractivity contribution in [3.63, 3.8) is 0 Å². The van der Waals surface area contributed by atoms with Crippen LogP contribution < -0.4 is 9.64 Å². The van der Waals surface area contributed by atoms with Crippen molar-refractivity contribution in [3.8, 4) is 16.9 Å². The molecule has 0 fully saturated rings. The number of aryl methyl sites for hydroxylation is 1. The number of nitrogens with zero attached hydrogens (tertiary/aromatic N) is 3. The van der Waals surface area contributed by atoms with E-state index in [1.807, 2.05) is 69.0 Å². The van der Waals surface area contributed by atoms with Crippen molar-refractivity contribution < 1.29 is 19.4 Å². The number of carbonyl (C=O) groups is 1. The Bertz CT molecular complexity index is 1090. The van der Waals surface area contributed by atoms with Crippen molar-refractivity contribution in [3.05, 3.63) is 72.1 Å². The van der Waals surface area contributed by atoms with E-state index in [1.165, 1.54) is 6.08 Å². The molecule has 180 valence electrons. The lowest BCUT2D eigenvalue weighted by atomic mass is 10.0. The van der Waals surface area contributed by atoms with Crippen LogP contribution in [0.2, 0.25) is 0 Å². The summed E-state index contributed by atoms with van der Waals surface area (Å²) in [6, 6.07) is 14.0. The first kappa shape index (κ1) is 25.1. The van der Waals surface area contributed by atoms with Crippen LogP contribution in [0, 0.1) is 0 Å². The minimum absolute atomic E-state index is 0.519. The molecule has 0 unspecified atom stereocenters. The lowest BCUT2D eigenvalue weighted by Crippen LogP contribution is -2.17. The van der Waals surface area contributed by atoms with Crippen LogP contribution in [0.5, 0.6) is 5.75 Å². The summed E-state index contributed by atoms with van der Waals surface area (Å²) in [5.41, 5.74) is 4.87. The van der Waals surface area contributed by atoms with Gasteiger partial charge >= 0.3 is 5.97 Å². The van der Waals surface area contributed by atoms with Gasteiger partial charge in [0.05, 0.1) is 12.8 Å². The second-order valence-corrected chi connectivity index (χ2v) is 8.16. The number of aliphatic carboxylic acids is 1. The third-order valence-electron chi connectivity index (χ3n) is 5.35. The zero-order chi connectivity index (χ0) is 24.3. The Balaban J connectivity index is 1.72. The average molecular weight is 464 g/mol. The fourth-order valence-electron chi connectivity index (χ4n) is 3.60. The van der Waals surface area contributed by atoms with Crippen LogP contribution >= 0.6 is 0 Å². The fourth-order valence-corrected chi connectivity index (χ4v) is 3.60. The summed E-state index contributed by atoms with van der Waals surface area (Å²) in [6.07, 6.45) is 8.79. The first-order valence-corrected chi connectivity index (χ1v) is 11.5. The Labute approximate surface area is 201 Å². The van der Waals surface area contributed by atoms with Gasteiger partial charge in [-0.25, -0.2) is 4.79 Å². The molecule has 1 heterocycles. The quantitative estimate of drug-likeness (QED) is 0.283. The molecular weight excluding hydrogens is 430 g/mol. The first-order valence-electron chi connectivity index (χ1n) is 11.5. The molecular formula is C27H33N3O4. The summed E-state index contributed by atoms with van der Waals surface area (Å²) in [7, 11) is 3.87. The van der Waals surface area contributed by atoms with Crippen molar-refractivity contribution in [1.82, 2.24) is 9.78 Å². The average Bonchev–Trinajstić information content (AvgIpc) is 3.24. The molecule has 7 heteroatoms. The minimum atomic E-state index is -0.980. The van der Waals surface area contributed by atoms with Gasteiger partial charge in [-0.1, -0.05) is 31.5 Å². The summed E-state index contributed by atoms with van der Waals surface area (Å²) < 4.78 is 13.1. The van der Waals surface area contributed by atoms with E-state index >= 15 is 0 Å². The molecule has 3 aromatic rings. The summed E-state index contributed by atoms with van der Waals surface area (Å²) >= 11 is 0. The van der Waals surface area contributed by atoms with Crippen molar-refractivity contribution in [2.24, 2.45) is 7.05 Å². The largest absolute Gasteiger partial charge is 0.491 e. The molecule has 1 N–H and O–H groups in total. The summed E-state index contributed by atoms with van der Waals surface area (Å²) in [5.74, 6) is -0.187. The van der Waals surface area contributed by atoms with Gasteiger partial charge < -0.3 is 19.5 Å². The Morgan fingerprint density at radius 3 is 2.56 bits per heavy atom. The number of carboxylic acids is 1. The smallest absolute Gasteiger partial charge is 0.328 e. The molecule has 0 aliphatic carbocycles. The molecule has 0 bridgehead atoms. The van der Waals surface area contributed by atoms with Crippen LogP contribution in [-0.2, 0) is 23.1 Å². The van der Waals surface area contributed by atoms with E-state index < -0.39 is 5.97 Å². The molecule has 7 nitrogen and oxygen atoms in total. The maximum absolute atomic E-state index is 11.2. The molecule has 0 amide bonds. The third kappa shape index (κ3) is 7.49. The molecule has 34 heavy (non-hydrogen) atoms. The lowest BCUT2D eigenvalue weighted by molar-refractivity contribution is -0.131. The predicted molar refractivity (Wildman–Crippen MR) is 135 cm³/mol. The van der Waals surface area contributed by atoms with Crippen LogP contribution in [-0.4, -0.2) is 47.7 Å². The van der Waals surface area contributed by atoms with Gasteiger partial charge in [-0.3, -0.25) is 4.68 Å². The van der Waals surface area contributed by atoms with E-state index in [0.29, 0.717) is 19.8 Å². The second kappa shape index (κ2) is 12.6. The van der Waals surface area contributed by atoms with E-state index in [1.54, 1.807) is 10.8 Å². The van der Waals surface area contributed by atoms with Crippen LogP contribution in [0.25, 0.3) is 17.2 Å². The van der Waals surface area contributed by atoms with E-state index in [9.17, 15) is 4.79 Å². The predicted octanol–water partition coefficient (Wildman–Crippen LogP) is 5.02. The third-order valence-corrected chi connectivity index (χ3v) is 5.35. The molecule has 1 aromatic heterocycles. The number of benzene rings is 2. The Hall–Kier alpha value is -3.58. The molecule has 0 spiro atoms. The number of hydrogen-bond donors (Lipinski definition) is 1. The van der Waals surface area contributed by atoms with Crippen molar-refractivity contribution >= 4 is 17.7 Å². The number of rotatable bonds is 13. The summed E-state index contributed by atoms with van der Waals surface area (Å²) in [4.78, 5) is 13.3. The monoisotopic (exact) mass is 463 g/mol. The van der Waals surface area contributed by atoms with Gasteiger partial charge in [0.1, 0.15) is 12.4 Å². The number of aromatic nitrogens is 2. The van der Waals surface area contributed by atoms with Gasteiger partial charge in [-0.05, 0) is 53.5 Å². The van der Waals surface area contributed by atoms with Crippen molar-refractivity contribution in [2.75, 3.05) is 31.8 Å². The minimum Gasteiger partial charge on any atom is -0.491 e. The van der Waals surface area contributed by atoms with Crippen LogP contribution in [0.15, 0.2) is 60.9 Å². The lowest BCUT2D eigenvalue weighted by Gasteiger charge is -2.22. The van der Waals surface area contributed by atoms with Gasteiger partial charge in [0.15, 0.2) is 0 Å². The molecule has 0 radical (unpaired) electrons. The van der Waals surface area contributed by atoms with Crippen LogP contribution in [0.3, 0.4) is 0 Å². The van der Waals surface area contributed by atoms with Gasteiger partial charge in [0, 0.05) is 50.8 Å². The number of ether oxygens (including phenoxy) is 2. The van der Waals surface area contributed by atoms with Crippen molar-refractivity contribution in [2.45, 2.75) is 26.3 Å². The van der Waals surface area contributed by atoms with E-state index in [-0.39, 0.29) is 0 Å². The number of hydrogen-bond acceptors (Lipinski definition) is 5. The zero-order valence-electron chi connectivity index (χ0n) is 20.1. The van der Waals surface area contributed by atoms with E-state index in [0.717, 1.165) is 53.1 Å².